The molecule has 0 aliphatic rings. The van der Waals surface area contributed by atoms with Gasteiger partial charge in [0.15, 0.2) is 0 Å². The number of carboxylic acids is 1. The summed E-state index contributed by atoms with van der Waals surface area (Å²) in [5, 5.41) is 12.3. The summed E-state index contributed by atoms with van der Waals surface area (Å²) >= 11 is 0. The first-order valence-corrected chi connectivity index (χ1v) is 12.7. The Balaban J connectivity index is 1.66. The SMILES string of the molecule is CC(C)Oc1cc(C(=O)N(c2ccccc2)c2ccccc2)ccc1C(=O)NC(Cc1ccccc1)C(=O)O. The first kappa shape index (κ1) is 27.1. The van der Waals surface area contributed by atoms with Crippen molar-refractivity contribution in [1.29, 1.82) is 0 Å². The Hall–Kier alpha value is -4.91. The van der Waals surface area contributed by atoms with Crippen LogP contribution in [0.15, 0.2) is 109 Å². The van der Waals surface area contributed by atoms with E-state index in [0.29, 0.717) is 16.9 Å². The number of para-hydroxylation sites is 2. The number of carboxylic acid groups (broad SMARTS) is 1. The highest BCUT2D eigenvalue weighted by molar-refractivity contribution is 6.11. The van der Waals surface area contributed by atoms with Gasteiger partial charge < -0.3 is 15.2 Å². The quantitative estimate of drug-likeness (QED) is 0.271. The van der Waals surface area contributed by atoms with E-state index in [-0.39, 0.29) is 29.7 Å². The van der Waals surface area contributed by atoms with Crippen LogP contribution in [0.2, 0.25) is 0 Å². The Kier molecular flexibility index (Phi) is 8.74. The van der Waals surface area contributed by atoms with Crippen molar-refractivity contribution in [3.8, 4) is 5.75 Å². The summed E-state index contributed by atoms with van der Waals surface area (Å²) in [7, 11) is 0. The van der Waals surface area contributed by atoms with Gasteiger partial charge in [-0.3, -0.25) is 14.5 Å². The Morgan fingerprint density at radius 2 is 1.33 bits per heavy atom. The van der Waals surface area contributed by atoms with Crippen molar-refractivity contribution in [1.82, 2.24) is 5.32 Å². The fraction of sp³-hybridized carbons (Fsp3) is 0.156. The average Bonchev–Trinajstić information content (AvgIpc) is 2.94. The number of nitrogens with one attached hydrogen (secondary N) is 1. The van der Waals surface area contributed by atoms with E-state index < -0.39 is 17.9 Å². The molecule has 4 aromatic carbocycles. The van der Waals surface area contributed by atoms with Gasteiger partial charge in [0.05, 0.1) is 11.7 Å². The smallest absolute Gasteiger partial charge is 0.326 e. The lowest BCUT2D eigenvalue weighted by Gasteiger charge is -2.24. The molecule has 0 fully saturated rings. The third kappa shape index (κ3) is 6.90. The van der Waals surface area contributed by atoms with E-state index in [2.05, 4.69) is 5.32 Å². The highest BCUT2D eigenvalue weighted by Crippen LogP contribution is 2.29. The van der Waals surface area contributed by atoms with Gasteiger partial charge >= 0.3 is 5.97 Å². The summed E-state index contributed by atoms with van der Waals surface area (Å²) in [4.78, 5) is 40.6. The molecule has 39 heavy (non-hydrogen) atoms. The summed E-state index contributed by atoms with van der Waals surface area (Å²) in [5.41, 5.74) is 2.62. The van der Waals surface area contributed by atoms with Gasteiger partial charge in [-0.1, -0.05) is 66.7 Å². The van der Waals surface area contributed by atoms with Crippen LogP contribution in [0.1, 0.15) is 40.1 Å². The summed E-state index contributed by atoms with van der Waals surface area (Å²) in [6, 6.07) is 31.1. The maximum Gasteiger partial charge on any atom is 0.326 e. The number of carbonyl (C=O) groups excluding carboxylic acids is 2. The minimum atomic E-state index is -1.15. The molecule has 2 N–H and O–H groups in total. The zero-order valence-corrected chi connectivity index (χ0v) is 21.8. The van der Waals surface area contributed by atoms with Crippen LogP contribution in [0.25, 0.3) is 0 Å². The molecule has 4 rings (SSSR count). The van der Waals surface area contributed by atoms with E-state index in [1.54, 1.807) is 23.1 Å². The summed E-state index contributed by atoms with van der Waals surface area (Å²) in [6.07, 6.45) is -0.164. The van der Waals surface area contributed by atoms with E-state index in [9.17, 15) is 19.5 Å². The lowest BCUT2D eigenvalue weighted by Crippen LogP contribution is -2.42. The number of benzene rings is 4. The molecule has 7 heteroatoms. The molecule has 2 amide bonds. The average molecular weight is 523 g/mol. The minimum Gasteiger partial charge on any atom is -0.490 e. The maximum atomic E-state index is 13.8. The number of amides is 2. The minimum absolute atomic E-state index is 0.127. The third-order valence-electron chi connectivity index (χ3n) is 5.95. The summed E-state index contributed by atoms with van der Waals surface area (Å²) < 4.78 is 5.93. The van der Waals surface area contributed by atoms with Gasteiger partial charge in [-0.05, 0) is 61.9 Å². The molecular formula is C32H30N2O5. The summed E-state index contributed by atoms with van der Waals surface area (Å²) in [6.45, 7) is 3.62. The Morgan fingerprint density at radius 3 is 1.85 bits per heavy atom. The molecule has 0 aromatic heterocycles. The highest BCUT2D eigenvalue weighted by atomic mass is 16.5. The van der Waals surface area contributed by atoms with E-state index >= 15 is 0 Å². The molecule has 1 unspecified atom stereocenters. The molecule has 0 saturated carbocycles. The van der Waals surface area contributed by atoms with E-state index in [1.807, 2.05) is 92.7 Å². The molecule has 0 aliphatic heterocycles. The van der Waals surface area contributed by atoms with E-state index in [4.69, 9.17) is 4.74 Å². The topological polar surface area (TPSA) is 95.9 Å². The van der Waals surface area contributed by atoms with Crippen LogP contribution in [0.5, 0.6) is 5.75 Å². The lowest BCUT2D eigenvalue weighted by molar-refractivity contribution is -0.139. The summed E-state index contributed by atoms with van der Waals surface area (Å²) in [5.74, 6) is -1.86. The Labute approximate surface area is 227 Å². The van der Waals surface area contributed by atoms with Crippen LogP contribution >= 0.6 is 0 Å². The van der Waals surface area contributed by atoms with Crippen molar-refractivity contribution in [3.63, 3.8) is 0 Å². The third-order valence-corrected chi connectivity index (χ3v) is 5.95. The second-order valence-electron chi connectivity index (χ2n) is 9.24. The van der Waals surface area contributed by atoms with E-state index in [0.717, 1.165) is 5.56 Å². The van der Waals surface area contributed by atoms with Crippen molar-refractivity contribution >= 4 is 29.2 Å². The van der Waals surface area contributed by atoms with Crippen molar-refractivity contribution in [2.75, 3.05) is 4.90 Å². The molecule has 198 valence electrons. The number of anilines is 2. The van der Waals surface area contributed by atoms with Gasteiger partial charge in [0, 0.05) is 23.4 Å². The normalized spacial score (nSPS) is 11.5. The molecule has 0 heterocycles. The Morgan fingerprint density at radius 1 is 0.795 bits per heavy atom. The zero-order valence-electron chi connectivity index (χ0n) is 21.8. The fourth-order valence-electron chi connectivity index (χ4n) is 4.15. The van der Waals surface area contributed by atoms with Gasteiger partial charge in [-0.25, -0.2) is 4.79 Å². The van der Waals surface area contributed by atoms with Gasteiger partial charge in [-0.2, -0.15) is 0 Å². The predicted octanol–water partition coefficient (Wildman–Crippen LogP) is 5.88. The fourth-order valence-corrected chi connectivity index (χ4v) is 4.15. The van der Waals surface area contributed by atoms with E-state index in [1.165, 1.54) is 12.1 Å². The predicted molar refractivity (Wildman–Crippen MR) is 151 cm³/mol. The second kappa shape index (κ2) is 12.6. The first-order chi connectivity index (χ1) is 18.8. The molecule has 0 saturated heterocycles. The lowest BCUT2D eigenvalue weighted by atomic mass is 10.0. The number of aliphatic carboxylic acids is 1. The number of rotatable bonds is 10. The molecular weight excluding hydrogens is 492 g/mol. The zero-order chi connectivity index (χ0) is 27.8. The maximum absolute atomic E-state index is 13.8. The van der Waals surface area contributed by atoms with Crippen LogP contribution in [-0.2, 0) is 11.2 Å². The molecule has 1 atom stereocenters. The number of ether oxygens (including phenoxy) is 1. The molecule has 0 spiro atoms. The number of hydrogen-bond donors (Lipinski definition) is 2. The van der Waals surface area contributed by atoms with Crippen LogP contribution in [0, 0.1) is 0 Å². The van der Waals surface area contributed by atoms with Crippen molar-refractivity contribution in [2.24, 2.45) is 0 Å². The standard InChI is InChI=1S/C32H30N2O5/c1-22(2)39-29-21-24(31(36)34(25-14-8-4-9-15-25)26-16-10-5-11-17-26)18-19-27(29)30(35)33-28(32(37)38)20-23-12-6-3-7-13-23/h3-19,21-22,28H,20H2,1-2H3,(H,33,35)(H,37,38). The van der Waals surface area contributed by atoms with Gasteiger partial charge in [-0.15, -0.1) is 0 Å². The molecule has 0 radical (unpaired) electrons. The Bertz CT molecular complexity index is 1380. The second-order valence-corrected chi connectivity index (χ2v) is 9.24. The van der Waals surface area contributed by atoms with Crippen LogP contribution < -0.4 is 15.0 Å². The number of hydrogen-bond acceptors (Lipinski definition) is 4. The largest absolute Gasteiger partial charge is 0.490 e. The van der Waals surface area contributed by atoms with Crippen molar-refractivity contribution < 1.29 is 24.2 Å². The van der Waals surface area contributed by atoms with Crippen LogP contribution in [-0.4, -0.2) is 35.0 Å². The number of carbonyl (C=O) groups is 3. The van der Waals surface area contributed by atoms with Gasteiger partial charge in [0.25, 0.3) is 11.8 Å². The number of nitrogens with zero attached hydrogens (tertiary/aromatic N) is 1. The molecule has 4 aromatic rings. The molecule has 0 bridgehead atoms. The van der Waals surface area contributed by atoms with Gasteiger partial charge in [0.1, 0.15) is 11.8 Å². The highest BCUT2D eigenvalue weighted by Gasteiger charge is 2.26. The van der Waals surface area contributed by atoms with Crippen molar-refractivity contribution in [2.45, 2.75) is 32.4 Å². The van der Waals surface area contributed by atoms with Gasteiger partial charge in [0.2, 0.25) is 0 Å². The van der Waals surface area contributed by atoms with Crippen molar-refractivity contribution in [3.05, 3.63) is 126 Å². The molecule has 0 aliphatic carbocycles. The molecule has 7 nitrogen and oxygen atoms in total. The van der Waals surface area contributed by atoms with Crippen LogP contribution in [0.4, 0.5) is 11.4 Å². The first-order valence-electron chi connectivity index (χ1n) is 12.7. The van der Waals surface area contributed by atoms with Crippen LogP contribution in [0.3, 0.4) is 0 Å². The monoisotopic (exact) mass is 522 g/mol.